The monoisotopic (exact) mass is 497 g/mol. The first-order valence-electron chi connectivity index (χ1n) is 10.8. The lowest BCUT2D eigenvalue weighted by Gasteiger charge is -2.27. The number of hydrogen-bond acceptors (Lipinski definition) is 8. The number of H-pyrrole nitrogens is 1. The minimum Gasteiger partial charge on any atom is -0.444 e. The van der Waals surface area contributed by atoms with Crippen LogP contribution in [0.5, 0.6) is 0 Å². The fraction of sp³-hybridized carbons (Fsp3) is 0.524. The second kappa shape index (κ2) is 9.70. The van der Waals surface area contributed by atoms with Crippen molar-refractivity contribution in [1.29, 1.82) is 0 Å². The van der Waals surface area contributed by atoms with E-state index in [1.54, 1.807) is 30.1 Å². The number of aromatic amines is 1. The van der Waals surface area contributed by atoms with Gasteiger partial charge in [0.05, 0.1) is 31.0 Å². The quantitative estimate of drug-likeness (QED) is 0.431. The molecule has 1 aliphatic heterocycles. The molecule has 0 bridgehead atoms. The zero-order valence-corrected chi connectivity index (χ0v) is 19.3. The van der Waals surface area contributed by atoms with Crippen LogP contribution in [0.15, 0.2) is 24.5 Å². The van der Waals surface area contributed by atoms with Crippen molar-refractivity contribution in [2.75, 3.05) is 19.0 Å². The van der Waals surface area contributed by atoms with E-state index in [9.17, 15) is 18.0 Å². The molecule has 1 fully saturated rings. The third-order valence-electron chi connectivity index (χ3n) is 5.24. The van der Waals surface area contributed by atoms with Gasteiger partial charge < -0.3 is 24.8 Å². The molecular weight excluding hydrogens is 471 g/mol. The Morgan fingerprint density at radius 1 is 1.34 bits per heavy atom. The molecule has 190 valence electrons. The second-order valence-corrected chi connectivity index (χ2v) is 8.89. The van der Waals surface area contributed by atoms with Gasteiger partial charge in [0.25, 0.3) is 0 Å². The summed E-state index contributed by atoms with van der Waals surface area (Å²) in [6.07, 6.45) is -3.87. The lowest BCUT2D eigenvalue weighted by Crippen LogP contribution is -2.47. The van der Waals surface area contributed by atoms with Crippen molar-refractivity contribution in [2.45, 2.75) is 57.2 Å². The summed E-state index contributed by atoms with van der Waals surface area (Å²) in [7, 11) is 1.59. The standard InChI is InChI=1S/C21H26F3N7O4/c1-20(2,11-21(22,23)24)27-19(32)35-13-7-16(34-10-13)14-8-17(29-28-14)26-18-15-6-12(9-33-3)30-31(15)5-4-25-18/h4-6,8,13,16H,7,9-11H2,1-3H3,(H,27,32)(H2,25,26,28,29)/t13-,16-/m1/s1. The van der Waals surface area contributed by atoms with E-state index in [-0.39, 0.29) is 6.61 Å². The lowest BCUT2D eigenvalue weighted by atomic mass is 10.0. The fourth-order valence-corrected chi connectivity index (χ4v) is 3.87. The zero-order valence-electron chi connectivity index (χ0n) is 19.3. The van der Waals surface area contributed by atoms with E-state index in [4.69, 9.17) is 14.2 Å². The number of halogens is 3. The molecule has 4 heterocycles. The summed E-state index contributed by atoms with van der Waals surface area (Å²) in [5.74, 6) is 1.04. The maximum atomic E-state index is 12.7. The first kappa shape index (κ1) is 24.7. The van der Waals surface area contributed by atoms with Crippen LogP contribution in [-0.4, -0.2) is 62.4 Å². The van der Waals surface area contributed by atoms with Gasteiger partial charge in [-0.15, -0.1) is 0 Å². The van der Waals surface area contributed by atoms with Gasteiger partial charge in [-0.05, 0) is 19.9 Å². The third kappa shape index (κ3) is 6.39. The van der Waals surface area contributed by atoms with Crippen LogP contribution in [0.1, 0.15) is 44.2 Å². The molecule has 0 radical (unpaired) electrons. The first-order chi connectivity index (χ1) is 16.5. The van der Waals surface area contributed by atoms with Crippen molar-refractivity contribution in [2.24, 2.45) is 0 Å². The Hall–Kier alpha value is -3.39. The Labute approximate surface area is 198 Å². The molecular formula is C21H26F3N7O4. The van der Waals surface area contributed by atoms with E-state index in [1.807, 2.05) is 6.07 Å². The Balaban J connectivity index is 1.34. The average Bonchev–Trinajstić information content (AvgIpc) is 3.45. The number of aromatic nitrogens is 5. The van der Waals surface area contributed by atoms with Gasteiger partial charge in [-0.25, -0.2) is 14.3 Å². The zero-order chi connectivity index (χ0) is 25.2. The number of rotatable bonds is 8. The van der Waals surface area contributed by atoms with Gasteiger partial charge in [0.2, 0.25) is 0 Å². The topological polar surface area (TPSA) is 128 Å². The summed E-state index contributed by atoms with van der Waals surface area (Å²) in [5.41, 5.74) is 0.656. The number of ether oxygens (including phenoxy) is 3. The molecule has 1 saturated heterocycles. The number of nitrogens with one attached hydrogen (secondary N) is 3. The van der Waals surface area contributed by atoms with E-state index < -0.39 is 36.4 Å². The summed E-state index contributed by atoms with van der Waals surface area (Å²) in [5, 5.41) is 16.9. The first-order valence-corrected chi connectivity index (χ1v) is 10.8. The molecule has 3 aromatic heterocycles. The number of methoxy groups -OCH3 is 1. The average molecular weight is 497 g/mol. The number of carbonyl (C=O) groups is 1. The second-order valence-electron chi connectivity index (χ2n) is 8.89. The highest BCUT2D eigenvalue weighted by atomic mass is 19.4. The minimum absolute atomic E-state index is 0.110. The number of carbonyl (C=O) groups excluding carboxylic acids is 1. The predicted molar refractivity (Wildman–Crippen MR) is 117 cm³/mol. The van der Waals surface area contributed by atoms with Crippen molar-refractivity contribution in [3.8, 4) is 0 Å². The molecule has 14 heteroatoms. The number of anilines is 2. The number of amides is 1. The molecule has 0 unspecified atom stereocenters. The largest absolute Gasteiger partial charge is 0.444 e. The Morgan fingerprint density at radius 3 is 2.89 bits per heavy atom. The van der Waals surface area contributed by atoms with E-state index >= 15 is 0 Å². The highest BCUT2D eigenvalue weighted by Crippen LogP contribution is 2.32. The molecule has 2 atom stereocenters. The van der Waals surface area contributed by atoms with Crippen molar-refractivity contribution >= 4 is 23.2 Å². The maximum Gasteiger partial charge on any atom is 0.407 e. The number of fused-ring (bicyclic) bond motifs is 1. The van der Waals surface area contributed by atoms with E-state index in [0.29, 0.717) is 30.4 Å². The van der Waals surface area contributed by atoms with Gasteiger partial charge in [-0.3, -0.25) is 5.10 Å². The van der Waals surface area contributed by atoms with Gasteiger partial charge >= 0.3 is 12.3 Å². The number of alkyl carbamates (subject to hydrolysis) is 1. The summed E-state index contributed by atoms with van der Waals surface area (Å²) in [6, 6.07) is 3.60. The number of nitrogens with zero attached hydrogens (tertiary/aromatic N) is 4. The van der Waals surface area contributed by atoms with Gasteiger partial charge in [-0.2, -0.15) is 23.4 Å². The van der Waals surface area contributed by atoms with Crippen molar-refractivity contribution in [1.82, 2.24) is 30.1 Å². The lowest BCUT2D eigenvalue weighted by molar-refractivity contribution is -0.146. The van der Waals surface area contributed by atoms with Crippen LogP contribution >= 0.6 is 0 Å². The van der Waals surface area contributed by atoms with Gasteiger partial charge in [0, 0.05) is 37.5 Å². The molecule has 35 heavy (non-hydrogen) atoms. The van der Waals surface area contributed by atoms with E-state index in [1.165, 1.54) is 13.8 Å². The molecule has 0 spiro atoms. The summed E-state index contributed by atoms with van der Waals surface area (Å²) in [4.78, 5) is 16.4. The van der Waals surface area contributed by atoms with Crippen LogP contribution in [0.25, 0.3) is 5.52 Å². The van der Waals surface area contributed by atoms with Crippen LogP contribution < -0.4 is 10.6 Å². The Morgan fingerprint density at radius 2 is 2.14 bits per heavy atom. The summed E-state index contributed by atoms with van der Waals surface area (Å²) in [6.45, 7) is 3.05. The smallest absolute Gasteiger partial charge is 0.407 e. The highest BCUT2D eigenvalue weighted by molar-refractivity contribution is 5.72. The Kier molecular flexibility index (Phi) is 6.85. The van der Waals surface area contributed by atoms with Crippen LogP contribution in [0.4, 0.5) is 29.6 Å². The molecule has 3 aromatic rings. The van der Waals surface area contributed by atoms with E-state index in [0.717, 1.165) is 11.2 Å². The minimum atomic E-state index is -4.41. The molecule has 1 aliphatic rings. The molecule has 1 amide bonds. The fourth-order valence-electron chi connectivity index (χ4n) is 3.87. The number of alkyl halides is 3. The molecule has 0 aromatic carbocycles. The van der Waals surface area contributed by atoms with Crippen LogP contribution in [-0.2, 0) is 20.8 Å². The van der Waals surface area contributed by atoms with Gasteiger partial charge in [0.15, 0.2) is 11.6 Å². The third-order valence-corrected chi connectivity index (χ3v) is 5.24. The van der Waals surface area contributed by atoms with Gasteiger partial charge in [0.1, 0.15) is 17.7 Å². The van der Waals surface area contributed by atoms with Crippen molar-refractivity contribution in [3.63, 3.8) is 0 Å². The van der Waals surface area contributed by atoms with Gasteiger partial charge in [-0.1, -0.05) is 0 Å². The van der Waals surface area contributed by atoms with Crippen LogP contribution in [0.2, 0.25) is 0 Å². The van der Waals surface area contributed by atoms with Crippen LogP contribution in [0.3, 0.4) is 0 Å². The summed E-state index contributed by atoms with van der Waals surface area (Å²) < 4.78 is 55.7. The van der Waals surface area contributed by atoms with Crippen molar-refractivity contribution in [3.05, 3.63) is 35.9 Å². The van der Waals surface area contributed by atoms with E-state index in [2.05, 4.69) is 30.9 Å². The summed E-state index contributed by atoms with van der Waals surface area (Å²) >= 11 is 0. The van der Waals surface area contributed by atoms with Crippen LogP contribution in [0, 0.1) is 0 Å². The highest BCUT2D eigenvalue weighted by Gasteiger charge is 2.38. The molecule has 11 nitrogen and oxygen atoms in total. The number of hydrogen-bond donors (Lipinski definition) is 3. The molecule has 4 rings (SSSR count). The SMILES string of the molecule is COCc1cc2c(Nc3cc([C@H]4C[C@@H](OC(=O)NC(C)(C)CC(F)(F)F)CO4)[nH]n3)nccn2n1. The molecule has 0 aliphatic carbocycles. The normalized spacial score (nSPS) is 18.7. The van der Waals surface area contributed by atoms with Crippen molar-refractivity contribution < 1.29 is 32.2 Å². The Bertz CT molecular complexity index is 1180. The maximum absolute atomic E-state index is 12.7. The molecule has 3 N–H and O–H groups in total. The molecule has 0 saturated carbocycles. The predicted octanol–water partition coefficient (Wildman–Crippen LogP) is 3.63.